The normalized spacial score (nSPS) is 24.9. The van der Waals surface area contributed by atoms with E-state index >= 15 is 0 Å². The van der Waals surface area contributed by atoms with Crippen molar-refractivity contribution < 1.29 is 19.4 Å². The van der Waals surface area contributed by atoms with Crippen molar-refractivity contribution in [2.45, 2.75) is 32.3 Å². The Morgan fingerprint density at radius 2 is 1.77 bits per heavy atom. The fraction of sp³-hybridized carbons (Fsp3) is 0.529. The molecule has 118 valence electrons. The Kier molecular flexibility index (Phi) is 4.05. The van der Waals surface area contributed by atoms with Crippen LogP contribution in [-0.4, -0.2) is 41.1 Å². The van der Waals surface area contributed by atoms with Crippen molar-refractivity contribution in [1.82, 2.24) is 4.90 Å². The molecule has 2 atom stereocenters. The van der Waals surface area contributed by atoms with E-state index in [2.05, 4.69) is 0 Å². The molecule has 1 saturated heterocycles. The van der Waals surface area contributed by atoms with Crippen molar-refractivity contribution in [3.8, 4) is 5.75 Å². The Balaban J connectivity index is 1.47. The summed E-state index contributed by atoms with van der Waals surface area (Å²) >= 11 is 0. The molecular weight excluding hydrogens is 282 g/mol. The van der Waals surface area contributed by atoms with Gasteiger partial charge < -0.3 is 14.7 Å². The minimum absolute atomic E-state index is 0.00110. The number of hydrogen-bond donors (Lipinski definition) is 1. The minimum Gasteiger partial charge on any atom is -0.490 e. The molecule has 0 unspecified atom stereocenters. The first kappa shape index (κ1) is 14.9. The first-order valence-electron chi connectivity index (χ1n) is 7.79. The molecule has 5 nitrogen and oxygen atoms in total. The molecule has 1 aromatic carbocycles. The summed E-state index contributed by atoms with van der Waals surface area (Å²) < 4.78 is 5.94. The van der Waals surface area contributed by atoms with Crippen LogP contribution in [0.4, 0.5) is 0 Å². The van der Waals surface area contributed by atoms with Gasteiger partial charge in [0, 0.05) is 25.9 Å². The SMILES string of the molecule is Cc1ccc(OC2CCN(C(=O)[C@H]3C[C@@H]3C(=O)O)CC2)cc1. The molecule has 1 heterocycles. The van der Waals surface area contributed by atoms with E-state index in [1.807, 2.05) is 31.2 Å². The Hall–Kier alpha value is -2.04. The Bertz CT molecular complexity index is 561. The number of likely N-dealkylation sites (tertiary alicyclic amines) is 1. The second-order valence-electron chi connectivity index (χ2n) is 6.24. The molecule has 2 fully saturated rings. The van der Waals surface area contributed by atoms with Gasteiger partial charge in [-0.15, -0.1) is 0 Å². The van der Waals surface area contributed by atoms with E-state index in [9.17, 15) is 9.59 Å². The molecule has 0 bridgehead atoms. The van der Waals surface area contributed by atoms with Gasteiger partial charge in [-0.3, -0.25) is 9.59 Å². The number of carbonyl (C=O) groups excluding carboxylic acids is 1. The minimum atomic E-state index is -0.851. The van der Waals surface area contributed by atoms with Crippen molar-refractivity contribution in [3.63, 3.8) is 0 Å². The fourth-order valence-electron chi connectivity index (χ4n) is 2.98. The third-order valence-electron chi connectivity index (χ3n) is 4.50. The quantitative estimate of drug-likeness (QED) is 0.925. The van der Waals surface area contributed by atoms with Crippen LogP contribution in [0.2, 0.25) is 0 Å². The number of aryl methyl sites for hydroxylation is 1. The van der Waals surface area contributed by atoms with Crippen molar-refractivity contribution in [3.05, 3.63) is 29.8 Å². The van der Waals surface area contributed by atoms with Crippen LogP contribution in [0.5, 0.6) is 5.75 Å². The molecule has 2 aliphatic rings. The summed E-state index contributed by atoms with van der Waals surface area (Å²) in [5, 5.41) is 8.91. The maximum Gasteiger partial charge on any atom is 0.307 e. The first-order chi connectivity index (χ1) is 10.5. The molecule has 1 aromatic rings. The summed E-state index contributed by atoms with van der Waals surface area (Å²) in [7, 11) is 0. The van der Waals surface area contributed by atoms with Gasteiger partial charge in [0.1, 0.15) is 11.9 Å². The molecule has 1 aliphatic heterocycles. The highest BCUT2D eigenvalue weighted by Crippen LogP contribution is 2.40. The summed E-state index contributed by atoms with van der Waals surface area (Å²) in [5.74, 6) is -0.748. The Morgan fingerprint density at radius 1 is 1.14 bits per heavy atom. The van der Waals surface area contributed by atoms with Crippen LogP contribution in [0.15, 0.2) is 24.3 Å². The molecular formula is C17H21NO4. The highest BCUT2D eigenvalue weighted by Gasteiger charge is 2.50. The van der Waals surface area contributed by atoms with E-state index < -0.39 is 11.9 Å². The topological polar surface area (TPSA) is 66.8 Å². The van der Waals surface area contributed by atoms with E-state index in [4.69, 9.17) is 9.84 Å². The number of piperidine rings is 1. The van der Waals surface area contributed by atoms with E-state index in [1.165, 1.54) is 5.56 Å². The molecule has 1 aliphatic carbocycles. The number of carbonyl (C=O) groups is 2. The summed E-state index contributed by atoms with van der Waals surface area (Å²) in [6.45, 7) is 3.34. The van der Waals surface area contributed by atoms with Crippen molar-refractivity contribution >= 4 is 11.9 Å². The number of benzene rings is 1. The van der Waals surface area contributed by atoms with Gasteiger partial charge in [0.05, 0.1) is 11.8 Å². The van der Waals surface area contributed by atoms with Crippen LogP contribution in [0.3, 0.4) is 0 Å². The monoisotopic (exact) mass is 303 g/mol. The molecule has 5 heteroatoms. The van der Waals surface area contributed by atoms with Gasteiger partial charge in [0.15, 0.2) is 0 Å². The lowest BCUT2D eigenvalue weighted by molar-refractivity contribution is -0.142. The largest absolute Gasteiger partial charge is 0.490 e. The number of carboxylic acids is 1. The third kappa shape index (κ3) is 3.24. The van der Waals surface area contributed by atoms with Gasteiger partial charge in [0.2, 0.25) is 5.91 Å². The Morgan fingerprint density at radius 3 is 2.32 bits per heavy atom. The molecule has 0 spiro atoms. The number of nitrogens with zero attached hydrogens (tertiary/aromatic N) is 1. The van der Waals surface area contributed by atoms with Gasteiger partial charge in [-0.2, -0.15) is 0 Å². The zero-order chi connectivity index (χ0) is 15.7. The summed E-state index contributed by atoms with van der Waals surface area (Å²) in [5.41, 5.74) is 1.20. The van der Waals surface area contributed by atoms with Crippen LogP contribution in [0.25, 0.3) is 0 Å². The van der Waals surface area contributed by atoms with E-state index in [-0.39, 0.29) is 17.9 Å². The number of rotatable bonds is 4. The summed E-state index contributed by atoms with van der Waals surface area (Å²) in [6.07, 6.45) is 2.21. The standard InChI is InChI=1S/C17H21NO4/c1-11-2-4-12(5-3-11)22-13-6-8-18(9-7-13)16(19)14-10-15(14)17(20)21/h2-5,13-15H,6-10H2,1H3,(H,20,21)/t14-,15-/m0/s1. The predicted molar refractivity (Wildman–Crippen MR) is 80.6 cm³/mol. The van der Waals surface area contributed by atoms with E-state index in [0.29, 0.717) is 19.5 Å². The maximum atomic E-state index is 12.2. The van der Waals surface area contributed by atoms with Gasteiger partial charge in [-0.05, 0) is 25.5 Å². The van der Waals surface area contributed by atoms with Gasteiger partial charge in [-0.1, -0.05) is 17.7 Å². The van der Waals surface area contributed by atoms with Crippen LogP contribution in [-0.2, 0) is 9.59 Å². The lowest BCUT2D eigenvalue weighted by Gasteiger charge is -2.32. The van der Waals surface area contributed by atoms with Gasteiger partial charge in [0.25, 0.3) is 0 Å². The lowest BCUT2D eigenvalue weighted by Crippen LogP contribution is -2.42. The predicted octanol–water partition coefficient (Wildman–Crippen LogP) is 2.09. The first-order valence-corrected chi connectivity index (χ1v) is 7.79. The van der Waals surface area contributed by atoms with Gasteiger partial charge >= 0.3 is 5.97 Å². The average molecular weight is 303 g/mol. The molecule has 0 radical (unpaired) electrons. The van der Waals surface area contributed by atoms with Gasteiger partial charge in [-0.25, -0.2) is 0 Å². The Labute approximate surface area is 129 Å². The zero-order valence-corrected chi connectivity index (χ0v) is 12.7. The second kappa shape index (κ2) is 5.99. The van der Waals surface area contributed by atoms with Crippen molar-refractivity contribution in [1.29, 1.82) is 0 Å². The number of carboxylic acid groups (broad SMARTS) is 1. The fourth-order valence-corrected chi connectivity index (χ4v) is 2.98. The highest BCUT2D eigenvalue weighted by molar-refractivity contribution is 5.89. The average Bonchev–Trinajstić information content (AvgIpc) is 3.30. The summed E-state index contributed by atoms with van der Waals surface area (Å²) in [6, 6.07) is 7.98. The van der Waals surface area contributed by atoms with E-state index in [0.717, 1.165) is 18.6 Å². The van der Waals surface area contributed by atoms with Crippen LogP contribution in [0.1, 0.15) is 24.8 Å². The van der Waals surface area contributed by atoms with E-state index in [1.54, 1.807) is 4.90 Å². The number of ether oxygens (including phenoxy) is 1. The third-order valence-corrected chi connectivity index (χ3v) is 4.50. The van der Waals surface area contributed by atoms with Crippen molar-refractivity contribution in [2.75, 3.05) is 13.1 Å². The van der Waals surface area contributed by atoms with Crippen LogP contribution >= 0.6 is 0 Å². The lowest BCUT2D eigenvalue weighted by atomic mass is 10.1. The molecule has 1 N–H and O–H groups in total. The second-order valence-corrected chi connectivity index (χ2v) is 6.24. The molecule has 22 heavy (non-hydrogen) atoms. The number of aliphatic carboxylic acids is 1. The smallest absolute Gasteiger partial charge is 0.307 e. The highest BCUT2D eigenvalue weighted by atomic mass is 16.5. The zero-order valence-electron chi connectivity index (χ0n) is 12.7. The van der Waals surface area contributed by atoms with Crippen LogP contribution < -0.4 is 4.74 Å². The molecule has 0 aromatic heterocycles. The van der Waals surface area contributed by atoms with Crippen molar-refractivity contribution in [2.24, 2.45) is 11.8 Å². The summed E-state index contributed by atoms with van der Waals surface area (Å²) in [4.78, 5) is 24.8. The number of amides is 1. The molecule has 3 rings (SSSR count). The number of hydrogen-bond acceptors (Lipinski definition) is 3. The maximum absolute atomic E-state index is 12.2. The molecule has 1 saturated carbocycles. The molecule has 1 amide bonds. The van der Waals surface area contributed by atoms with Crippen LogP contribution in [0, 0.1) is 18.8 Å².